The molecule has 6 nitrogen and oxygen atoms in total. The Morgan fingerprint density at radius 3 is 2.68 bits per heavy atom. The van der Waals surface area contributed by atoms with Gasteiger partial charge in [0.1, 0.15) is 6.54 Å². The monoisotopic (exact) mass is 282 g/mol. The van der Waals surface area contributed by atoms with Crippen LogP contribution in [0.5, 0.6) is 0 Å². The quantitative estimate of drug-likeness (QED) is 0.851. The van der Waals surface area contributed by atoms with Gasteiger partial charge in [-0.2, -0.15) is 0 Å². The predicted molar refractivity (Wildman–Crippen MR) is 70.3 cm³/mol. The number of likely N-dealkylation sites (N-methyl/N-ethyl adjacent to an activating group) is 1. The molecule has 0 aliphatic heterocycles. The highest BCUT2D eigenvalue weighted by molar-refractivity contribution is 7.18. The molecule has 2 rings (SSSR count). The number of thiophene rings is 1. The van der Waals surface area contributed by atoms with Crippen molar-refractivity contribution in [2.75, 3.05) is 18.9 Å². The summed E-state index contributed by atoms with van der Waals surface area (Å²) in [6, 6.07) is 3.25. The molecular weight excluding hydrogens is 268 g/mol. The number of carbonyl (C=O) groups excluding carboxylic acids is 2. The minimum Gasteiger partial charge on any atom is -0.480 e. The van der Waals surface area contributed by atoms with Crippen LogP contribution in [0.1, 0.15) is 22.5 Å². The number of carboxylic acids is 1. The Morgan fingerprint density at radius 2 is 2.11 bits per heavy atom. The molecular formula is C12H14N2O4S. The van der Waals surface area contributed by atoms with Gasteiger partial charge in [-0.25, -0.2) is 0 Å². The third-order valence-electron chi connectivity index (χ3n) is 2.73. The molecule has 2 amide bonds. The second-order valence-corrected chi connectivity index (χ2v) is 5.57. The second-order valence-electron chi connectivity index (χ2n) is 4.48. The number of hydrogen-bond donors (Lipinski definition) is 2. The average molecular weight is 282 g/mol. The first-order valence-electron chi connectivity index (χ1n) is 5.85. The normalized spacial score (nSPS) is 13.9. The Hall–Kier alpha value is -1.89. The van der Waals surface area contributed by atoms with E-state index in [2.05, 4.69) is 5.32 Å². The third-order valence-corrected chi connectivity index (χ3v) is 3.72. The van der Waals surface area contributed by atoms with Crippen LogP contribution in [-0.2, 0) is 9.59 Å². The van der Waals surface area contributed by atoms with Crippen molar-refractivity contribution >= 4 is 34.1 Å². The van der Waals surface area contributed by atoms with Crippen molar-refractivity contribution in [3.05, 3.63) is 17.0 Å². The summed E-state index contributed by atoms with van der Waals surface area (Å²) in [5.74, 6) is -1.33. The molecule has 1 fully saturated rings. The molecule has 102 valence electrons. The molecule has 7 heteroatoms. The van der Waals surface area contributed by atoms with Gasteiger partial charge in [0, 0.05) is 13.0 Å². The minimum absolute atomic E-state index is 0.0141. The van der Waals surface area contributed by atoms with Crippen molar-refractivity contribution in [1.29, 1.82) is 0 Å². The van der Waals surface area contributed by atoms with Gasteiger partial charge in [0.2, 0.25) is 5.91 Å². The fraction of sp³-hybridized carbons (Fsp3) is 0.417. The lowest BCUT2D eigenvalue weighted by atomic mass is 10.4. The van der Waals surface area contributed by atoms with Crippen LogP contribution in [0.25, 0.3) is 0 Å². The van der Waals surface area contributed by atoms with E-state index in [9.17, 15) is 14.4 Å². The molecule has 1 aromatic rings. The van der Waals surface area contributed by atoms with Crippen LogP contribution in [0.4, 0.5) is 5.00 Å². The molecule has 1 aliphatic rings. The maximum absolute atomic E-state index is 11.9. The van der Waals surface area contributed by atoms with Crippen LogP contribution in [0.3, 0.4) is 0 Å². The summed E-state index contributed by atoms with van der Waals surface area (Å²) in [7, 11) is 1.43. The summed E-state index contributed by atoms with van der Waals surface area (Å²) in [6.07, 6.45) is 1.84. The Bertz CT molecular complexity index is 522. The molecule has 0 atom stereocenters. The fourth-order valence-electron chi connectivity index (χ4n) is 1.55. The molecule has 1 saturated carbocycles. The number of amides is 2. The van der Waals surface area contributed by atoms with Crippen LogP contribution >= 0.6 is 11.3 Å². The van der Waals surface area contributed by atoms with Gasteiger partial charge >= 0.3 is 5.97 Å². The van der Waals surface area contributed by atoms with E-state index in [1.807, 2.05) is 0 Å². The highest BCUT2D eigenvalue weighted by Crippen LogP contribution is 2.31. The number of carbonyl (C=O) groups is 3. The van der Waals surface area contributed by atoms with Crippen LogP contribution in [0.2, 0.25) is 0 Å². The zero-order chi connectivity index (χ0) is 14.0. The largest absolute Gasteiger partial charge is 0.480 e. The van der Waals surface area contributed by atoms with Gasteiger partial charge in [0.25, 0.3) is 5.91 Å². The van der Waals surface area contributed by atoms with Crippen molar-refractivity contribution in [2.45, 2.75) is 12.8 Å². The molecule has 0 unspecified atom stereocenters. The SMILES string of the molecule is CN(CC(=O)O)C(=O)c1ccc(NC(=O)C2CC2)s1. The molecule has 2 N–H and O–H groups in total. The maximum Gasteiger partial charge on any atom is 0.323 e. The molecule has 1 aliphatic carbocycles. The number of nitrogens with zero attached hydrogens (tertiary/aromatic N) is 1. The number of rotatable bonds is 5. The first-order chi connectivity index (χ1) is 8.97. The van der Waals surface area contributed by atoms with Crippen molar-refractivity contribution in [3.8, 4) is 0 Å². The van der Waals surface area contributed by atoms with E-state index in [4.69, 9.17) is 5.11 Å². The van der Waals surface area contributed by atoms with Crippen molar-refractivity contribution in [1.82, 2.24) is 4.90 Å². The zero-order valence-corrected chi connectivity index (χ0v) is 11.2. The first-order valence-corrected chi connectivity index (χ1v) is 6.67. The summed E-state index contributed by atoms with van der Waals surface area (Å²) in [5.41, 5.74) is 0. The van der Waals surface area contributed by atoms with Gasteiger partial charge in [-0.3, -0.25) is 14.4 Å². The van der Waals surface area contributed by atoms with E-state index in [0.717, 1.165) is 29.1 Å². The van der Waals surface area contributed by atoms with Crippen molar-refractivity contribution in [3.63, 3.8) is 0 Å². The predicted octanol–water partition coefficient (Wildman–Crippen LogP) is 1.25. The van der Waals surface area contributed by atoms with E-state index < -0.39 is 5.97 Å². The van der Waals surface area contributed by atoms with E-state index in [1.54, 1.807) is 12.1 Å². The van der Waals surface area contributed by atoms with Crippen molar-refractivity contribution in [2.24, 2.45) is 5.92 Å². The van der Waals surface area contributed by atoms with Crippen LogP contribution in [-0.4, -0.2) is 41.4 Å². The standard InChI is InChI=1S/C12H14N2O4S/c1-14(6-10(15)16)12(18)8-4-5-9(19-8)13-11(17)7-2-3-7/h4-5,7H,2-3,6H2,1H3,(H,13,17)(H,15,16). The van der Waals surface area contributed by atoms with Gasteiger partial charge in [0.15, 0.2) is 0 Å². The minimum atomic E-state index is -1.06. The number of nitrogens with one attached hydrogen (secondary N) is 1. The molecule has 1 aromatic heterocycles. The van der Waals surface area contributed by atoms with E-state index in [0.29, 0.717) is 9.88 Å². The van der Waals surface area contributed by atoms with Crippen LogP contribution < -0.4 is 5.32 Å². The lowest BCUT2D eigenvalue weighted by Crippen LogP contribution is -2.31. The van der Waals surface area contributed by atoms with Gasteiger partial charge in [-0.05, 0) is 25.0 Å². The summed E-state index contributed by atoms with van der Waals surface area (Å²) >= 11 is 1.15. The third kappa shape index (κ3) is 3.54. The lowest BCUT2D eigenvalue weighted by molar-refractivity contribution is -0.137. The topological polar surface area (TPSA) is 86.7 Å². The Kier molecular flexibility index (Phi) is 3.84. The summed E-state index contributed by atoms with van der Waals surface area (Å²) < 4.78 is 0. The smallest absolute Gasteiger partial charge is 0.323 e. The van der Waals surface area contributed by atoms with Crippen molar-refractivity contribution < 1.29 is 19.5 Å². The Labute approximate surface area is 114 Å². The molecule has 0 bridgehead atoms. The number of hydrogen-bond acceptors (Lipinski definition) is 4. The van der Waals surface area contributed by atoms with E-state index in [1.165, 1.54) is 7.05 Å². The lowest BCUT2D eigenvalue weighted by Gasteiger charge is -2.12. The molecule has 0 aromatic carbocycles. The molecule has 0 spiro atoms. The summed E-state index contributed by atoms with van der Waals surface area (Å²) in [5, 5.41) is 12.0. The Balaban J connectivity index is 1.97. The van der Waals surface area contributed by atoms with Crippen LogP contribution in [0, 0.1) is 5.92 Å². The maximum atomic E-state index is 11.9. The number of aliphatic carboxylic acids is 1. The zero-order valence-electron chi connectivity index (χ0n) is 10.4. The van der Waals surface area contributed by atoms with Gasteiger partial charge < -0.3 is 15.3 Å². The number of carboxylic acid groups (broad SMARTS) is 1. The molecule has 0 radical (unpaired) electrons. The highest BCUT2D eigenvalue weighted by Gasteiger charge is 2.30. The van der Waals surface area contributed by atoms with Gasteiger partial charge in [-0.1, -0.05) is 0 Å². The summed E-state index contributed by atoms with van der Waals surface area (Å²) in [6.45, 7) is -0.347. The Morgan fingerprint density at radius 1 is 1.42 bits per heavy atom. The highest BCUT2D eigenvalue weighted by atomic mass is 32.1. The first kappa shape index (κ1) is 13.5. The molecule has 0 saturated heterocycles. The molecule has 19 heavy (non-hydrogen) atoms. The summed E-state index contributed by atoms with van der Waals surface area (Å²) in [4.78, 5) is 35.5. The number of anilines is 1. The fourth-order valence-corrected chi connectivity index (χ4v) is 2.46. The average Bonchev–Trinajstić information content (AvgIpc) is 3.09. The second kappa shape index (κ2) is 5.40. The molecule has 1 heterocycles. The van der Waals surface area contributed by atoms with Gasteiger partial charge in [0.05, 0.1) is 9.88 Å². The van der Waals surface area contributed by atoms with Gasteiger partial charge in [-0.15, -0.1) is 11.3 Å². The van der Waals surface area contributed by atoms with E-state index in [-0.39, 0.29) is 24.3 Å². The van der Waals surface area contributed by atoms with Crippen LogP contribution in [0.15, 0.2) is 12.1 Å². The van der Waals surface area contributed by atoms with E-state index >= 15 is 0 Å².